The molecule has 11 heteroatoms. The van der Waals surface area contributed by atoms with E-state index in [4.69, 9.17) is 16.0 Å². The molecular formula is C20H16ClFN4O4S. The zero-order valence-electron chi connectivity index (χ0n) is 16.7. The van der Waals surface area contributed by atoms with Crippen LogP contribution in [0.3, 0.4) is 0 Å². The van der Waals surface area contributed by atoms with Crippen molar-refractivity contribution >= 4 is 45.1 Å². The molecule has 160 valence electrons. The van der Waals surface area contributed by atoms with Crippen molar-refractivity contribution in [1.82, 2.24) is 14.1 Å². The highest BCUT2D eigenvalue weighted by molar-refractivity contribution is 7.14. The van der Waals surface area contributed by atoms with Gasteiger partial charge in [0.15, 0.2) is 5.13 Å². The van der Waals surface area contributed by atoms with Crippen LogP contribution in [0, 0.1) is 12.7 Å². The molecule has 4 rings (SSSR count). The van der Waals surface area contributed by atoms with Crippen molar-refractivity contribution in [3.8, 4) is 11.3 Å². The number of furan rings is 1. The molecule has 0 aliphatic heterocycles. The molecule has 1 aromatic carbocycles. The van der Waals surface area contributed by atoms with Gasteiger partial charge in [-0.15, -0.1) is 11.3 Å². The highest BCUT2D eigenvalue weighted by atomic mass is 35.5. The average Bonchev–Trinajstić information content (AvgIpc) is 3.36. The Morgan fingerprint density at radius 3 is 2.74 bits per heavy atom. The first-order valence-corrected chi connectivity index (χ1v) is 10.3. The van der Waals surface area contributed by atoms with Gasteiger partial charge in [-0.3, -0.25) is 18.7 Å². The normalized spacial score (nSPS) is 11.3. The van der Waals surface area contributed by atoms with Gasteiger partial charge in [0.1, 0.15) is 11.2 Å². The summed E-state index contributed by atoms with van der Waals surface area (Å²) in [6.45, 7) is 1.58. The predicted octanol–water partition coefficient (Wildman–Crippen LogP) is 3.24. The van der Waals surface area contributed by atoms with Crippen LogP contribution >= 0.6 is 22.9 Å². The summed E-state index contributed by atoms with van der Waals surface area (Å²) in [5, 5.41) is 5.10. The van der Waals surface area contributed by atoms with Gasteiger partial charge in [0.05, 0.1) is 18.4 Å². The largest absolute Gasteiger partial charge is 0.447 e. The Morgan fingerprint density at radius 2 is 2.03 bits per heavy atom. The van der Waals surface area contributed by atoms with Gasteiger partial charge >= 0.3 is 5.69 Å². The molecule has 0 atom stereocenters. The quantitative estimate of drug-likeness (QED) is 0.502. The second-order valence-corrected chi connectivity index (χ2v) is 8.24. The number of benzene rings is 1. The third kappa shape index (κ3) is 3.68. The third-order valence-electron chi connectivity index (χ3n) is 4.92. The third-order valence-corrected chi connectivity index (χ3v) is 6.07. The van der Waals surface area contributed by atoms with Crippen molar-refractivity contribution in [2.75, 3.05) is 5.32 Å². The first kappa shape index (κ1) is 21.0. The Kier molecular flexibility index (Phi) is 5.28. The van der Waals surface area contributed by atoms with Crippen molar-refractivity contribution in [3.05, 3.63) is 66.6 Å². The Labute approximate surface area is 183 Å². The number of hydrogen-bond donors (Lipinski definition) is 1. The molecule has 0 spiro atoms. The van der Waals surface area contributed by atoms with Crippen LogP contribution in [0.25, 0.3) is 22.4 Å². The van der Waals surface area contributed by atoms with Crippen molar-refractivity contribution in [1.29, 1.82) is 0 Å². The van der Waals surface area contributed by atoms with Gasteiger partial charge in [-0.1, -0.05) is 11.6 Å². The van der Waals surface area contributed by atoms with Crippen LogP contribution in [-0.4, -0.2) is 20.0 Å². The maximum atomic E-state index is 14.0. The molecule has 1 N–H and O–H groups in total. The molecule has 0 bridgehead atoms. The molecule has 0 unspecified atom stereocenters. The SMILES string of the molecule is Cc1c(F)cc(-c2csc(NC(=O)Cc3coc4c3c(=O)n(C)c(=O)n4C)n2)cc1Cl. The first-order chi connectivity index (χ1) is 14.7. The number of halogens is 2. The number of thiazole rings is 1. The van der Waals surface area contributed by atoms with Gasteiger partial charge in [0.2, 0.25) is 11.6 Å². The Balaban J connectivity index is 1.57. The average molecular weight is 463 g/mol. The summed E-state index contributed by atoms with van der Waals surface area (Å²) in [4.78, 5) is 41.3. The van der Waals surface area contributed by atoms with Gasteiger partial charge in [0, 0.05) is 41.2 Å². The number of hydrogen-bond acceptors (Lipinski definition) is 6. The summed E-state index contributed by atoms with van der Waals surface area (Å²) in [5.74, 6) is -0.864. The second kappa shape index (κ2) is 7.78. The molecule has 4 aromatic rings. The summed E-state index contributed by atoms with van der Waals surface area (Å²) < 4.78 is 21.5. The van der Waals surface area contributed by atoms with E-state index >= 15 is 0 Å². The molecule has 1 amide bonds. The van der Waals surface area contributed by atoms with Crippen LogP contribution in [0.2, 0.25) is 5.02 Å². The Morgan fingerprint density at radius 1 is 1.29 bits per heavy atom. The fourth-order valence-corrected chi connectivity index (χ4v) is 4.09. The summed E-state index contributed by atoms with van der Waals surface area (Å²) in [6, 6.07) is 2.94. The van der Waals surface area contributed by atoms with E-state index in [1.165, 1.54) is 42.3 Å². The number of nitrogens with one attached hydrogen (secondary N) is 1. The molecule has 3 aromatic heterocycles. The van der Waals surface area contributed by atoms with Crippen LogP contribution in [0.5, 0.6) is 0 Å². The topological polar surface area (TPSA) is 99.1 Å². The number of fused-ring (bicyclic) bond motifs is 1. The lowest BCUT2D eigenvalue weighted by Gasteiger charge is -2.04. The molecular weight excluding hydrogens is 447 g/mol. The van der Waals surface area contributed by atoms with Crippen LogP contribution in [0.4, 0.5) is 9.52 Å². The minimum atomic E-state index is -0.538. The number of amides is 1. The highest BCUT2D eigenvalue weighted by Crippen LogP contribution is 2.30. The highest BCUT2D eigenvalue weighted by Gasteiger charge is 2.19. The van der Waals surface area contributed by atoms with Crippen molar-refractivity contribution in [2.45, 2.75) is 13.3 Å². The van der Waals surface area contributed by atoms with Crippen molar-refractivity contribution < 1.29 is 13.6 Å². The lowest BCUT2D eigenvalue weighted by molar-refractivity contribution is -0.115. The molecule has 0 saturated carbocycles. The summed E-state index contributed by atoms with van der Waals surface area (Å²) in [5.41, 5.74) is 0.716. The number of carbonyl (C=O) groups excluding carboxylic acids is 1. The summed E-state index contributed by atoms with van der Waals surface area (Å²) in [7, 11) is 2.84. The van der Waals surface area contributed by atoms with E-state index in [1.807, 2.05) is 0 Å². The van der Waals surface area contributed by atoms with E-state index < -0.39 is 23.0 Å². The van der Waals surface area contributed by atoms with E-state index in [9.17, 15) is 18.8 Å². The number of aromatic nitrogens is 3. The molecule has 0 aliphatic rings. The monoisotopic (exact) mass is 462 g/mol. The van der Waals surface area contributed by atoms with E-state index in [1.54, 1.807) is 18.4 Å². The molecule has 0 aliphatic carbocycles. The van der Waals surface area contributed by atoms with Crippen LogP contribution in [0.15, 0.2) is 37.8 Å². The fraction of sp³-hybridized carbons (Fsp3) is 0.200. The number of nitrogens with zero attached hydrogens (tertiary/aromatic N) is 3. The molecule has 3 heterocycles. The fourth-order valence-electron chi connectivity index (χ4n) is 3.15. The van der Waals surface area contributed by atoms with Gasteiger partial charge in [-0.2, -0.15) is 0 Å². The Bertz CT molecular complexity index is 1440. The minimum Gasteiger partial charge on any atom is -0.447 e. The predicted molar refractivity (Wildman–Crippen MR) is 116 cm³/mol. The maximum absolute atomic E-state index is 14.0. The molecule has 31 heavy (non-hydrogen) atoms. The zero-order valence-corrected chi connectivity index (χ0v) is 18.2. The molecule has 0 saturated heterocycles. The zero-order chi connectivity index (χ0) is 22.4. The van der Waals surface area contributed by atoms with E-state index in [0.29, 0.717) is 27.5 Å². The standard InChI is InChI=1S/C20H16ClFN4O4S/c1-9-12(21)4-10(5-13(9)22)14-8-31-19(23-14)24-15(27)6-11-7-30-18-16(11)17(28)25(2)20(29)26(18)3/h4-5,7-8H,6H2,1-3H3,(H,23,24,27). The van der Waals surface area contributed by atoms with Crippen LogP contribution in [0.1, 0.15) is 11.1 Å². The molecule has 0 fully saturated rings. The van der Waals surface area contributed by atoms with Crippen LogP contribution < -0.4 is 16.6 Å². The Hall–Kier alpha value is -3.24. The molecule has 0 radical (unpaired) electrons. The first-order valence-electron chi connectivity index (χ1n) is 9.05. The van der Waals surface area contributed by atoms with Crippen LogP contribution in [-0.2, 0) is 25.3 Å². The summed E-state index contributed by atoms with van der Waals surface area (Å²) >= 11 is 7.21. The van der Waals surface area contributed by atoms with Gasteiger partial charge in [0.25, 0.3) is 5.56 Å². The van der Waals surface area contributed by atoms with Gasteiger partial charge in [-0.25, -0.2) is 14.2 Å². The van der Waals surface area contributed by atoms with E-state index in [2.05, 4.69) is 10.3 Å². The minimum absolute atomic E-state index is 0.103. The number of anilines is 1. The maximum Gasteiger partial charge on any atom is 0.333 e. The van der Waals surface area contributed by atoms with Gasteiger partial charge in [-0.05, 0) is 19.1 Å². The number of aryl methyl sites for hydroxylation is 1. The van der Waals surface area contributed by atoms with Crippen molar-refractivity contribution in [3.63, 3.8) is 0 Å². The van der Waals surface area contributed by atoms with E-state index in [-0.39, 0.29) is 22.5 Å². The summed E-state index contributed by atoms with van der Waals surface area (Å²) in [6.07, 6.45) is 1.13. The van der Waals surface area contributed by atoms with Gasteiger partial charge < -0.3 is 9.73 Å². The lowest BCUT2D eigenvalue weighted by atomic mass is 10.1. The van der Waals surface area contributed by atoms with Crippen molar-refractivity contribution in [2.24, 2.45) is 14.1 Å². The molecule has 8 nitrogen and oxygen atoms in total. The number of carbonyl (C=O) groups is 1. The lowest BCUT2D eigenvalue weighted by Crippen LogP contribution is -2.36. The smallest absolute Gasteiger partial charge is 0.333 e. The van der Waals surface area contributed by atoms with E-state index in [0.717, 1.165) is 4.57 Å². The number of rotatable bonds is 4. The second-order valence-electron chi connectivity index (χ2n) is 6.97.